The van der Waals surface area contributed by atoms with Crippen molar-refractivity contribution in [3.63, 3.8) is 0 Å². The molecule has 0 saturated carbocycles. The van der Waals surface area contributed by atoms with Gasteiger partial charge in [0.1, 0.15) is 0 Å². The Bertz CT molecular complexity index is 475. The summed E-state index contributed by atoms with van der Waals surface area (Å²) in [7, 11) is 0. The van der Waals surface area contributed by atoms with Gasteiger partial charge in [0.15, 0.2) is 11.5 Å². The number of carboxylic acids is 1. The van der Waals surface area contributed by atoms with Crippen molar-refractivity contribution < 1.29 is 25.2 Å². The molecule has 112 valence electrons. The second-order valence-electron chi connectivity index (χ2n) is 5.09. The molecule has 1 aromatic rings. The van der Waals surface area contributed by atoms with Crippen LogP contribution in [0.5, 0.6) is 17.2 Å². The number of aliphatic carboxylic acids is 1. The van der Waals surface area contributed by atoms with E-state index in [4.69, 9.17) is 10.8 Å². The molecule has 20 heavy (non-hydrogen) atoms. The van der Waals surface area contributed by atoms with E-state index in [1.54, 1.807) is 0 Å². The lowest BCUT2D eigenvalue weighted by Crippen LogP contribution is -2.25. The monoisotopic (exact) mass is 283 g/mol. The molecule has 0 spiro atoms. The molecule has 0 amide bonds. The molecule has 0 aliphatic carbocycles. The lowest BCUT2D eigenvalue weighted by Gasteiger charge is -2.16. The van der Waals surface area contributed by atoms with E-state index in [-0.39, 0.29) is 24.0 Å². The van der Waals surface area contributed by atoms with Crippen molar-refractivity contribution in [1.82, 2.24) is 0 Å². The van der Waals surface area contributed by atoms with Gasteiger partial charge in [-0.2, -0.15) is 0 Å². The number of rotatable bonds is 7. The molecule has 0 aliphatic heterocycles. The molecule has 6 nitrogen and oxygen atoms in total. The van der Waals surface area contributed by atoms with E-state index in [0.29, 0.717) is 24.8 Å². The van der Waals surface area contributed by atoms with Crippen LogP contribution in [-0.4, -0.2) is 32.9 Å². The van der Waals surface area contributed by atoms with Gasteiger partial charge in [-0.3, -0.25) is 4.79 Å². The third kappa shape index (κ3) is 4.03. The predicted octanol–water partition coefficient (Wildman–Crippen LogP) is 1.42. The van der Waals surface area contributed by atoms with Crippen LogP contribution >= 0.6 is 0 Å². The minimum Gasteiger partial charge on any atom is -0.504 e. The molecule has 0 aromatic heterocycles. The zero-order chi connectivity index (χ0) is 15.3. The number of hydrogen-bond acceptors (Lipinski definition) is 5. The summed E-state index contributed by atoms with van der Waals surface area (Å²) in [6.45, 7) is 2.02. The fraction of sp³-hybridized carbons (Fsp3) is 0.500. The SMILES string of the molecule is CC(CCc1ccc(O)c(O)c1O)CC(CN)C(=O)O. The number of phenols is 3. The molecule has 0 radical (unpaired) electrons. The van der Waals surface area contributed by atoms with Crippen molar-refractivity contribution in [2.45, 2.75) is 26.2 Å². The first-order valence-corrected chi connectivity index (χ1v) is 6.52. The third-order valence-electron chi connectivity index (χ3n) is 3.44. The maximum absolute atomic E-state index is 10.9. The normalized spacial score (nSPS) is 13.9. The second-order valence-corrected chi connectivity index (χ2v) is 5.09. The van der Waals surface area contributed by atoms with Gasteiger partial charge < -0.3 is 26.2 Å². The van der Waals surface area contributed by atoms with Crippen LogP contribution in [-0.2, 0) is 11.2 Å². The van der Waals surface area contributed by atoms with Gasteiger partial charge in [-0.15, -0.1) is 0 Å². The van der Waals surface area contributed by atoms with Crippen LogP contribution in [0.3, 0.4) is 0 Å². The van der Waals surface area contributed by atoms with Crippen molar-refractivity contribution in [2.75, 3.05) is 6.54 Å². The van der Waals surface area contributed by atoms with Gasteiger partial charge in [-0.05, 0) is 36.8 Å². The maximum Gasteiger partial charge on any atom is 0.307 e. The first-order valence-electron chi connectivity index (χ1n) is 6.52. The fourth-order valence-electron chi connectivity index (χ4n) is 2.12. The van der Waals surface area contributed by atoms with Crippen molar-refractivity contribution in [3.8, 4) is 17.2 Å². The van der Waals surface area contributed by atoms with E-state index >= 15 is 0 Å². The van der Waals surface area contributed by atoms with Crippen LogP contribution < -0.4 is 5.73 Å². The molecule has 1 aromatic carbocycles. The van der Waals surface area contributed by atoms with E-state index in [9.17, 15) is 20.1 Å². The van der Waals surface area contributed by atoms with E-state index in [1.165, 1.54) is 12.1 Å². The van der Waals surface area contributed by atoms with Gasteiger partial charge in [0.2, 0.25) is 5.75 Å². The summed E-state index contributed by atoms with van der Waals surface area (Å²) in [5.41, 5.74) is 5.93. The Morgan fingerprint density at radius 3 is 2.45 bits per heavy atom. The molecule has 0 bridgehead atoms. The number of nitrogens with two attached hydrogens (primary N) is 1. The molecule has 2 atom stereocenters. The smallest absolute Gasteiger partial charge is 0.307 e. The summed E-state index contributed by atoms with van der Waals surface area (Å²) in [6.07, 6.45) is 1.61. The van der Waals surface area contributed by atoms with E-state index < -0.39 is 17.6 Å². The van der Waals surface area contributed by atoms with Crippen molar-refractivity contribution in [3.05, 3.63) is 17.7 Å². The summed E-state index contributed by atoms with van der Waals surface area (Å²) in [5, 5.41) is 37.3. The Labute approximate surface area is 117 Å². The minimum absolute atomic E-state index is 0.102. The Hall–Kier alpha value is -1.95. The van der Waals surface area contributed by atoms with Gasteiger partial charge in [0.25, 0.3) is 0 Å². The molecule has 6 heteroatoms. The predicted molar refractivity (Wildman–Crippen MR) is 73.7 cm³/mol. The first kappa shape index (κ1) is 16.1. The Morgan fingerprint density at radius 1 is 1.25 bits per heavy atom. The Balaban J connectivity index is 2.59. The molecule has 0 fully saturated rings. The number of aromatic hydroxyl groups is 3. The summed E-state index contributed by atoms with van der Waals surface area (Å²) < 4.78 is 0. The zero-order valence-electron chi connectivity index (χ0n) is 11.4. The molecule has 0 heterocycles. The van der Waals surface area contributed by atoms with Gasteiger partial charge in [0.05, 0.1) is 5.92 Å². The number of phenolic OH excluding ortho intramolecular Hbond substituents is 3. The van der Waals surface area contributed by atoms with Crippen LogP contribution in [0.2, 0.25) is 0 Å². The number of hydrogen-bond donors (Lipinski definition) is 5. The molecule has 2 unspecified atom stereocenters. The number of carboxylic acid groups (broad SMARTS) is 1. The van der Waals surface area contributed by atoms with Gasteiger partial charge >= 0.3 is 5.97 Å². The molecular weight excluding hydrogens is 262 g/mol. The number of aryl methyl sites for hydroxylation is 1. The Kier molecular flexibility index (Phi) is 5.64. The average Bonchev–Trinajstić information content (AvgIpc) is 2.41. The van der Waals surface area contributed by atoms with E-state index in [0.717, 1.165) is 0 Å². The minimum atomic E-state index is -0.899. The summed E-state index contributed by atoms with van der Waals surface area (Å²) in [5.74, 6) is -2.56. The highest BCUT2D eigenvalue weighted by Gasteiger charge is 2.19. The lowest BCUT2D eigenvalue weighted by molar-refractivity contribution is -0.141. The summed E-state index contributed by atoms with van der Waals surface area (Å²) in [6, 6.07) is 2.85. The maximum atomic E-state index is 10.9. The van der Waals surface area contributed by atoms with E-state index in [2.05, 4.69) is 0 Å². The average molecular weight is 283 g/mol. The first-order chi connectivity index (χ1) is 9.36. The molecular formula is C14H21NO5. The lowest BCUT2D eigenvalue weighted by atomic mass is 9.91. The molecule has 0 aliphatic rings. The number of carbonyl (C=O) groups is 1. The van der Waals surface area contributed by atoms with Crippen LogP contribution in [0.4, 0.5) is 0 Å². The largest absolute Gasteiger partial charge is 0.504 e. The van der Waals surface area contributed by atoms with Crippen LogP contribution in [0, 0.1) is 11.8 Å². The van der Waals surface area contributed by atoms with Crippen LogP contribution in [0.15, 0.2) is 12.1 Å². The van der Waals surface area contributed by atoms with Gasteiger partial charge in [-0.1, -0.05) is 13.0 Å². The molecule has 1 rings (SSSR count). The fourth-order valence-corrected chi connectivity index (χ4v) is 2.12. The van der Waals surface area contributed by atoms with Crippen molar-refractivity contribution in [1.29, 1.82) is 0 Å². The van der Waals surface area contributed by atoms with E-state index in [1.807, 2.05) is 6.92 Å². The Morgan fingerprint density at radius 2 is 1.90 bits per heavy atom. The zero-order valence-corrected chi connectivity index (χ0v) is 11.4. The second kappa shape index (κ2) is 7.00. The number of benzene rings is 1. The molecule has 6 N–H and O–H groups in total. The summed E-state index contributed by atoms with van der Waals surface area (Å²) >= 11 is 0. The topological polar surface area (TPSA) is 124 Å². The third-order valence-corrected chi connectivity index (χ3v) is 3.44. The van der Waals surface area contributed by atoms with Crippen molar-refractivity contribution in [2.24, 2.45) is 17.6 Å². The van der Waals surface area contributed by atoms with Crippen molar-refractivity contribution >= 4 is 5.97 Å². The highest BCUT2D eigenvalue weighted by atomic mass is 16.4. The highest BCUT2D eigenvalue weighted by Crippen LogP contribution is 2.37. The van der Waals surface area contributed by atoms with Crippen LogP contribution in [0.25, 0.3) is 0 Å². The standard InChI is InChI=1S/C14H21NO5/c1-8(6-10(7-15)14(19)20)2-3-9-4-5-11(16)13(18)12(9)17/h4-5,8,10,16-18H,2-3,6-7,15H2,1H3,(H,19,20). The van der Waals surface area contributed by atoms with Gasteiger partial charge in [-0.25, -0.2) is 0 Å². The molecule has 0 saturated heterocycles. The van der Waals surface area contributed by atoms with Gasteiger partial charge in [0, 0.05) is 6.54 Å². The summed E-state index contributed by atoms with van der Waals surface area (Å²) in [4.78, 5) is 10.9. The highest BCUT2D eigenvalue weighted by molar-refractivity contribution is 5.70. The quantitative estimate of drug-likeness (QED) is 0.482. The van der Waals surface area contributed by atoms with Crippen LogP contribution in [0.1, 0.15) is 25.3 Å².